The average Bonchev–Trinajstić information content (AvgIpc) is 3.42. The number of Topliss-reactive ketones (excluding diaryl/α,β-unsaturated/α-hetero) is 1. The molecule has 0 radical (unpaired) electrons. The van der Waals surface area contributed by atoms with Crippen molar-refractivity contribution >= 4 is 29.3 Å². The summed E-state index contributed by atoms with van der Waals surface area (Å²) in [6.45, 7) is 22.6. The lowest BCUT2D eigenvalue weighted by Crippen LogP contribution is -2.66. The number of carbonyl (C=O) groups excluding carboxylic acids is 2. The molecule has 1 aromatic rings. The van der Waals surface area contributed by atoms with Crippen LogP contribution in [0.3, 0.4) is 0 Å². The summed E-state index contributed by atoms with van der Waals surface area (Å²) in [7, 11) is 4.16. The van der Waals surface area contributed by atoms with Gasteiger partial charge in [0.25, 0.3) is 0 Å². The Balaban J connectivity index is 1.29. The minimum Gasteiger partial charge on any atom is -0.481 e. The van der Waals surface area contributed by atoms with Crippen molar-refractivity contribution in [2.24, 2.45) is 56.2 Å². The summed E-state index contributed by atoms with van der Waals surface area (Å²) < 4.78 is 6.20. The number of carboxylic acids is 1. The summed E-state index contributed by atoms with van der Waals surface area (Å²) in [5.41, 5.74) is 1.48. The van der Waals surface area contributed by atoms with Crippen LogP contribution in [0, 0.1) is 56.2 Å². The standard InChI is InChI=1S/C48H73ClN2O6/c1-30(2)40-34(52)26-48(37(53)29-51(24-23-50(10)11)28-31-13-12-14-32(49)25-31)22-21-46(8)33(41(40)48)15-16-36-45(7)19-18-38(57-39(54)27-43(3,4)42(55)56)44(5,6)35(45)17-20-47(36,46)9/h12-14,25,30,33,35-38,53H,15-24,26-29H2,1-11H3,(H,55,56)/t33-,35?,36-,37-,38+,45+,46-,47-,48+/m1/s1. The molecule has 0 saturated heterocycles. The van der Waals surface area contributed by atoms with Gasteiger partial charge in [-0.15, -0.1) is 0 Å². The average molecular weight is 810 g/mol. The van der Waals surface area contributed by atoms with Gasteiger partial charge in [0.2, 0.25) is 0 Å². The Bertz CT molecular complexity index is 1750. The molecule has 0 aromatic heterocycles. The Labute approximate surface area is 348 Å². The minimum absolute atomic E-state index is 0.0333. The Morgan fingerprint density at radius 1 is 0.947 bits per heavy atom. The molecule has 318 valence electrons. The van der Waals surface area contributed by atoms with Crippen LogP contribution in [0.4, 0.5) is 0 Å². The number of carboxylic acid groups (broad SMARTS) is 1. The Kier molecular flexibility index (Phi) is 12.2. The largest absolute Gasteiger partial charge is 0.481 e. The van der Waals surface area contributed by atoms with Gasteiger partial charge in [-0.2, -0.15) is 0 Å². The fourth-order valence-electron chi connectivity index (χ4n) is 13.8. The van der Waals surface area contributed by atoms with Gasteiger partial charge in [0.05, 0.1) is 17.9 Å². The van der Waals surface area contributed by atoms with Crippen LogP contribution in [0.5, 0.6) is 0 Å². The van der Waals surface area contributed by atoms with E-state index in [1.165, 1.54) is 5.57 Å². The third-order valence-electron chi connectivity index (χ3n) is 17.1. The molecule has 57 heavy (non-hydrogen) atoms. The molecule has 5 aliphatic carbocycles. The van der Waals surface area contributed by atoms with Crippen molar-refractivity contribution in [2.75, 3.05) is 33.7 Å². The van der Waals surface area contributed by atoms with E-state index in [0.29, 0.717) is 36.4 Å². The molecule has 6 rings (SSSR count). The number of ketones is 1. The number of likely N-dealkylation sites (N-methyl/N-ethyl adjacent to an activating group) is 1. The molecular formula is C48H73ClN2O6. The molecule has 5 aliphatic rings. The van der Waals surface area contributed by atoms with E-state index in [-0.39, 0.29) is 51.8 Å². The number of nitrogens with zero attached hydrogens (tertiary/aromatic N) is 2. The predicted octanol–water partition coefficient (Wildman–Crippen LogP) is 9.46. The highest BCUT2D eigenvalue weighted by Crippen LogP contribution is 2.77. The van der Waals surface area contributed by atoms with Gasteiger partial charge in [0.15, 0.2) is 5.78 Å². The van der Waals surface area contributed by atoms with Crippen molar-refractivity contribution in [3.05, 3.63) is 46.0 Å². The summed E-state index contributed by atoms with van der Waals surface area (Å²) >= 11 is 6.41. The number of rotatable bonds is 13. The van der Waals surface area contributed by atoms with Crippen molar-refractivity contribution in [1.82, 2.24) is 9.80 Å². The number of aliphatic hydroxyl groups is 1. The summed E-state index contributed by atoms with van der Waals surface area (Å²) in [6, 6.07) is 8.00. The highest BCUT2D eigenvalue weighted by molar-refractivity contribution is 6.30. The topological polar surface area (TPSA) is 107 Å². The van der Waals surface area contributed by atoms with Crippen LogP contribution in [0.25, 0.3) is 0 Å². The van der Waals surface area contributed by atoms with E-state index in [4.69, 9.17) is 16.3 Å². The van der Waals surface area contributed by atoms with Crippen molar-refractivity contribution < 1.29 is 29.3 Å². The van der Waals surface area contributed by atoms with Gasteiger partial charge in [-0.3, -0.25) is 19.3 Å². The monoisotopic (exact) mass is 809 g/mol. The lowest BCUT2D eigenvalue weighted by Gasteiger charge is -2.72. The number of benzene rings is 1. The van der Waals surface area contributed by atoms with Crippen molar-refractivity contribution in [1.29, 1.82) is 0 Å². The second kappa shape index (κ2) is 15.6. The third-order valence-corrected chi connectivity index (χ3v) is 17.3. The van der Waals surface area contributed by atoms with Crippen LogP contribution in [0.15, 0.2) is 35.4 Å². The van der Waals surface area contributed by atoms with Gasteiger partial charge < -0.3 is 19.8 Å². The fraction of sp³-hybridized carbons (Fsp3) is 0.771. The first-order valence-electron chi connectivity index (χ1n) is 21.9. The molecule has 1 unspecified atom stereocenters. The molecule has 0 amide bonds. The lowest BCUT2D eigenvalue weighted by atomic mass is 9.33. The van der Waals surface area contributed by atoms with E-state index in [0.717, 1.165) is 75.6 Å². The van der Waals surface area contributed by atoms with Crippen LogP contribution >= 0.6 is 11.6 Å². The first-order chi connectivity index (χ1) is 26.4. The van der Waals surface area contributed by atoms with Gasteiger partial charge in [-0.25, -0.2) is 0 Å². The summed E-state index contributed by atoms with van der Waals surface area (Å²) in [4.78, 5) is 43.8. The maximum Gasteiger partial charge on any atom is 0.309 e. The van der Waals surface area contributed by atoms with Crippen molar-refractivity contribution in [3.8, 4) is 0 Å². The highest BCUT2D eigenvalue weighted by atomic mass is 35.5. The number of ether oxygens (including phenoxy) is 1. The molecule has 4 saturated carbocycles. The second-order valence-electron chi connectivity index (χ2n) is 21.7. The van der Waals surface area contributed by atoms with Gasteiger partial charge >= 0.3 is 11.9 Å². The number of carbonyl (C=O) groups is 3. The number of halogens is 1. The molecule has 0 aliphatic heterocycles. The summed E-state index contributed by atoms with van der Waals surface area (Å²) in [6.07, 6.45) is 7.11. The molecule has 9 heteroatoms. The number of aliphatic carboxylic acids is 1. The van der Waals surface area contributed by atoms with E-state index in [9.17, 15) is 24.6 Å². The number of hydrogen-bond acceptors (Lipinski definition) is 7. The summed E-state index contributed by atoms with van der Waals surface area (Å²) in [5.74, 6) is -0.00895. The summed E-state index contributed by atoms with van der Waals surface area (Å²) in [5, 5.41) is 23.1. The molecule has 4 fully saturated rings. The van der Waals surface area contributed by atoms with E-state index in [2.05, 4.69) is 78.4 Å². The Morgan fingerprint density at radius 2 is 1.65 bits per heavy atom. The first kappa shape index (κ1) is 44.3. The van der Waals surface area contributed by atoms with E-state index >= 15 is 0 Å². The zero-order valence-corrected chi connectivity index (χ0v) is 37.7. The third kappa shape index (κ3) is 7.58. The Morgan fingerprint density at radius 3 is 2.28 bits per heavy atom. The minimum atomic E-state index is -1.17. The van der Waals surface area contributed by atoms with E-state index in [1.54, 1.807) is 13.8 Å². The zero-order chi connectivity index (χ0) is 42.1. The second-order valence-corrected chi connectivity index (χ2v) is 22.2. The highest BCUT2D eigenvalue weighted by Gasteiger charge is 2.71. The fourth-order valence-corrected chi connectivity index (χ4v) is 14.0. The molecule has 2 N–H and O–H groups in total. The predicted molar refractivity (Wildman–Crippen MR) is 227 cm³/mol. The quantitative estimate of drug-likeness (QED) is 0.190. The molecule has 0 spiro atoms. The van der Waals surface area contributed by atoms with Crippen LogP contribution in [-0.2, 0) is 25.7 Å². The van der Waals surface area contributed by atoms with Crippen LogP contribution in [-0.4, -0.2) is 83.7 Å². The number of aliphatic hydroxyl groups excluding tert-OH is 1. The molecule has 0 bridgehead atoms. The van der Waals surface area contributed by atoms with Crippen LogP contribution < -0.4 is 0 Å². The van der Waals surface area contributed by atoms with E-state index in [1.807, 2.05) is 18.2 Å². The number of esters is 1. The van der Waals surface area contributed by atoms with Gasteiger partial charge in [0.1, 0.15) is 6.10 Å². The molecule has 1 aromatic carbocycles. The van der Waals surface area contributed by atoms with Crippen LogP contribution in [0.1, 0.15) is 132 Å². The molecule has 8 nitrogen and oxygen atoms in total. The van der Waals surface area contributed by atoms with Crippen molar-refractivity contribution in [2.45, 2.75) is 145 Å². The smallest absolute Gasteiger partial charge is 0.309 e. The molecule has 0 heterocycles. The number of hydrogen-bond donors (Lipinski definition) is 2. The van der Waals surface area contributed by atoms with Crippen molar-refractivity contribution in [3.63, 3.8) is 0 Å². The maximum absolute atomic E-state index is 14.3. The normalized spacial score (nSPS) is 35.5. The number of allylic oxidation sites excluding steroid dienone is 1. The van der Waals surface area contributed by atoms with E-state index < -0.39 is 28.9 Å². The maximum atomic E-state index is 14.3. The zero-order valence-electron chi connectivity index (χ0n) is 37.0. The Hall–Kier alpha value is -2.26. The first-order valence-corrected chi connectivity index (χ1v) is 22.3. The van der Waals surface area contributed by atoms with Crippen LogP contribution in [0.2, 0.25) is 5.02 Å². The molecular weight excluding hydrogens is 736 g/mol. The van der Waals surface area contributed by atoms with Gasteiger partial charge in [-0.1, -0.05) is 77.8 Å². The lowest BCUT2D eigenvalue weighted by molar-refractivity contribution is -0.235. The van der Waals surface area contributed by atoms with Gasteiger partial charge in [-0.05, 0) is 142 Å². The van der Waals surface area contributed by atoms with Gasteiger partial charge in [0, 0.05) is 48.5 Å². The SMILES string of the molecule is CC(C)C1=C2[C@H]3CC[C@@H]4[C@@]5(C)CC[C@H](OC(=O)CC(C)(C)C(=O)O)C(C)(C)C5CC[C@@]4(C)[C@]3(C)CC[C@@]2([C@H](O)CN(CCN(C)C)Cc2cccc(Cl)c2)CC1=O. The molecule has 9 atom stereocenters. The number of fused-ring (bicyclic) bond motifs is 7.